The molecule has 0 N–H and O–H groups in total. The number of fused-ring (bicyclic) bond motifs is 1. The van der Waals surface area contributed by atoms with Crippen molar-refractivity contribution in [1.82, 2.24) is 0 Å². The maximum atomic E-state index is 12.8. The van der Waals surface area contributed by atoms with Crippen LogP contribution in [0.4, 0.5) is 0 Å². The van der Waals surface area contributed by atoms with E-state index in [1.165, 1.54) is 0 Å². The fraction of sp³-hybridized carbons (Fsp3) is 0.286. The van der Waals surface area contributed by atoms with E-state index in [2.05, 4.69) is 15.9 Å². The summed E-state index contributed by atoms with van der Waals surface area (Å²) in [4.78, 5) is 37.8. The Hall–Kier alpha value is -2.67. The van der Waals surface area contributed by atoms with Gasteiger partial charge in [-0.25, -0.2) is 14.4 Å². The van der Waals surface area contributed by atoms with Gasteiger partial charge in [0.2, 0.25) is 0 Å². The minimum atomic E-state index is -1.49. The van der Waals surface area contributed by atoms with Crippen LogP contribution in [0.1, 0.15) is 19.4 Å². The van der Waals surface area contributed by atoms with Gasteiger partial charge in [0.05, 0.1) is 18.5 Å². The van der Waals surface area contributed by atoms with Crippen molar-refractivity contribution in [2.24, 2.45) is 0 Å². The number of carbonyl (C=O) groups is 3. The van der Waals surface area contributed by atoms with Crippen LogP contribution in [0.3, 0.4) is 0 Å². The van der Waals surface area contributed by atoms with Crippen molar-refractivity contribution in [3.05, 3.63) is 59.2 Å². The van der Waals surface area contributed by atoms with Gasteiger partial charge in [-0.1, -0.05) is 52.3 Å². The maximum Gasteiger partial charge on any atom is 0.347 e. The SMILES string of the molecule is CCOC(=O)C1=C(C(=O)OCC)C(CBr)(c2ccc3ccccc3c2)OC1=O. The first-order valence-corrected chi connectivity index (χ1v) is 9.98. The zero-order valence-corrected chi connectivity index (χ0v) is 17.1. The molecule has 0 spiro atoms. The van der Waals surface area contributed by atoms with Crippen LogP contribution in [0.25, 0.3) is 10.8 Å². The summed E-state index contributed by atoms with van der Waals surface area (Å²) in [6.07, 6.45) is 0. The zero-order chi connectivity index (χ0) is 20.3. The number of hydrogen-bond donors (Lipinski definition) is 0. The number of carbonyl (C=O) groups excluding carboxylic acids is 3. The summed E-state index contributed by atoms with van der Waals surface area (Å²) >= 11 is 3.37. The highest BCUT2D eigenvalue weighted by Crippen LogP contribution is 2.44. The van der Waals surface area contributed by atoms with Crippen molar-refractivity contribution >= 4 is 44.6 Å². The van der Waals surface area contributed by atoms with E-state index in [4.69, 9.17) is 14.2 Å². The molecule has 0 aromatic heterocycles. The molecule has 3 rings (SSSR count). The van der Waals surface area contributed by atoms with Crippen LogP contribution in [0.15, 0.2) is 53.6 Å². The van der Waals surface area contributed by atoms with Gasteiger partial charge in [0.1, 0.15) is 5.57 Å². The Balaban J connectivity index is 2.24. The number of hydrogen-bond acceptors (Lipinski definition) is 6. The van der Waals surface area contributed by atoms with Gasteiger partial charge in [0.15, 0.2) is 11.2 Å². The fourth-order valence-electron chi connectivity index (χ4n) is 3.24. The standard InChI is InChI=1S/C21H19BrO6/c1-3-26-18(23)16-17(20(25)27-4-2)21(12-22,28-19(16)24)15-10-9-13-7-5-6-8-14(13)11-15/h5-11H,3-4,12H2,1-2H3. The first-order chi connectivity index (χ1) is 13.5. The molecule has 1 atom stereocenters. The molecule has 0 saturated heterocycles. The number of benzene rings is 2. The molecule has 2 aromatic carbocycles. The quantitative estimate of drug-likeness (QED) is 0.292. The van der Waals surface area contributed by atoms with Crippen molar-refractivity contribution in [2.45, 2.75) is 19.4 Å². The van der Waals surface area contributed by atoms with Crippen LogP contribution in [0.5, 0.6) is 0 Å². The lowest BCUT2D eigenvalue weighted by Crippen LogP contribution is -2.35. The van der Waals surface area contributed by atoms with E-state index in [9.17, 15) is 14.4 Å². The number of esters is 3. The first kappa shape index (κ1) is 20.1. The number of alkyl halides is 1. The van der Waals surface area contributed by atoms with Gasteiger partial charge in [-0.3, -0.25) is 0 Å². The number of ether oxygens (including phenoxy) is 3. The summed E-state index contributed by atoms with van der Waals surface area (Å²) in [5, 5.41) is 1.97. The van der Waals surface area contributed by atoms with E-state index in [1.54, 1.807) is 19.9 Å². The number of halogens is 1. The summed E-state index contributed by atoms with van der Waals surface area (Å²) < 4.78 is 15.8. The molecule has 0 bridgehead atoms. The lowest BCUT2D eigenvalue weighted by molar-refractivity contribution is -0.150. The molecule has 0 fully saturated rings. The summed E-state index contributed by atoms with van der Waals surface area (Å²) in [5.41, 5.74) is -1.51. The minimum Gasteiger partial charge on any atom is -0.462 e. The second-order valence-electron chi connectivity index (χ2n) is 6.10. The smallest absolute Gasteiger partial charge is 0.347 e. The third kappa shape index (κ3) is 3.30. The van der Waals surface area contributed by atoms with Crippen LogP contribution >= 0.6 is 15.9 Å². The molecule has 7 heteroatoms. The summed E-state index contributed by atoms with van der Waals surface area (Å²) in [6.45, 7) is 3.40. The highest BCUT2D eigenvalue weighted by Gasteiger charge is 2.54. The Morgan fingerprint density at radius 3 is 2.29 bits per heavy atom. The zero-order valence-electron chi connectivity index (χ0n) is 15.5. The molecule has 0 saturated carbocycles. The molecule has 0 aliphatic carbocycles. The number of cyclic esters (lactones) is 1. The van der Waals surface area contributed by atoms with Gasteiger partial charge in [0, 0.05) is 5.56 Å². The van der Waals surface area contributed by atoms with E-state index in [0.29, 0.717) is 5.56 Å². The average Bonchev–Trinajstić information content (AvgIpc) is 3.01. The van der Waals surface area contributed by atoms with Crippen LogP contribution in [0.2, 0.25) is 0 Å². The minimum absolute atomic E-state index is 0.0585. The molecule has 28 heavy (non-hydrogen) atoms. The highest BCUT2D eigenvalue weighted by atomic mass is 79.9. The molecule has 1 heterocycles. The molecule has 1 aliphatic heterocycles. The Kier molecular flexibility index (Phi) is 5.84. The molecular weight excluding hydrogens is 428 g/mol. The Morgan fingerprint density at radius 2 is 1.64 bits per heavy atom. The molecule has 2 aromatic rings. The summed E-state index contributed by atoms with van der Waals surface area (Å²) in [6, 6.07) is 13.1. The van der Waals surface area contributed by atoms with Crippen LogP contribution in [-0.4, -0.2) is 36.5 Å². The third-order valence-corrected chi connectivity index (χ3v) is 5.28. The Bertz CT molecular complexity index is 980. The monoisotopic (exact) mass is 446 g/mol. The maximum absolute atomic E-state index is 12.8. The van der Waals surface area contributed by atoms with Crippen LogP contribution < -0.4 is 0 Å². The van der Waals surface area contributed by atoms with Gasteiger partial charge in [-0.05, 0) is 30.7 Å². The van der Waals surface area contributed by atoms with E-state index in [0.717, 1.165) is 10.8 Å². The predicted octanol–water partition coefficient (Wildman–Crippen LogP) is 3.41. The Morgan fingerprint density at radius 1 is 1.00 bits per heavy atom. The largest absolute Gasteiger partial charge is 0.462 e. The molecule has 0 amide bonds. The predicted molar refractivity (Wildman–Crippen MR) is 106 cm³/mol. The number of rotatable bonds is 6. The lowest BCUT2D eigenvalue weighted by Gasteiger charge is -2.28. The summed E-state index contributed by atoms with van der Waals surface area (Å²) in [5.74, 6) is -2.60. The van der Waals surface area contributed by atoms with Crippen LogP contribution in [-0.2, 0) is 34.2 Å². The molecular formula is C21H19BrO6. The molecule has 6 nitrogen and oxygen atoms in total. The van der Waals surface area contributed by atoms with Gasteiger partial charge in [0.25, 0.3) is 0 Å². The molecule has 1 aliphatic rings. The van der Waals surface area contributed by atoms with Crippen molar-refractivity contribution in [2.75, 3.05) is 18.5 Å². The van der Waals surface area contributed by atoms with Gasteiger partial charge >= 0.3 is 17.9 Å². The van der Waals surface area contributed by atoms with Crippen molar-refractivity contribution in [3.63, 3.8) is 0 Å². The van der Waals surface area contributed by atoms with Gasteiger partial charge < -0.3 is 14.2 Å². The molecule has 0 radical (unpaired) electrons. The lowest BCUT2D eigenvalue weighted by atomic mass is 9.85. The van der Waals surface area contributed by atoms with Crippen LogP contribution in [0, 0.1) is 0 Å². The Labute approximate surface area is 170 Å². The van der Waals surface area contributed by atoms with Crippen molar-refractivity contribution < 1.29 is 28.6 Å². The van der Waals surface area contributed by atoms with Crippen molar-refractivity contribution in [1.29, 1.82) is 0 Å². The van der Waals surface area contributed by atoms with E-state index < -0.39 is 29.1 Å². The summed E-state index contributed by atoms with van der Waals surface area (Å²) in [7, 11) is 0. The second-order valence-corrected chi connectivity index (χ2v) is 6.66. The normalized spacial score (nSPS) is 18.9. The van der Waals surface area contributed by atoms with Gasteiger partial charge in [-0.2, -0.15) is 0 Å². The molecule has 1 unspecified atom stereocenters. The van der Waals surface area contributed by atoms with E-state index >= 15 is 0 Å². The average molecular weight is 447 g/mol. The third-order valence-electron chi connectivity index (χ3n) is 4.49. The second kappa shape index (κ2) is 8.14. The highest BCUT2D eigenvalue weighted by molar-refractivity contribution is 9.09. The van der Waals surface area contributed by atoms with E-state index in [1.807, 2.05) is 36.4 Å². The topological polar surface area (TPSA) is 78.9 Å². The van der Waals surface area contributed by atoms with E-state index in [-0.39, 0.29) is 24.1 Å². The van der Waals surface area contributed by atoms with Gasteiger partial charge in [-0.15, -0.1) is 0 Å². The molecule has 146 valence electrons. The fourth-order valence-corrected chi connectivity index (χ4v) is 3.96. The van der Waals surface area contributed by atoms with Crippen molar-refractivity contribution in [3.8, 4) is 0 Å². The first-order valence-electron chi connectivity index (χ1n) is 8.86.